The summed E-state index contributed by atoms with van der Waals surface area (Å²) in [5.74, 6) is -1.25. The maximum absolute atomic E-state index is 13.7. The van der Waals surface area contributed by atoms with Gasteiger partial charge >= 0.3 is 5.69 Å². The van der Waals surface area contributed by atoms with Crippen molar-refractivity contribution in [3.05, 3.63) is 84.9 Å². The van der Waals surface area contributed by atoms with Gasteiger partial charge in [-0.25, -0.2) is 13.2 Å². The first-order valence-corrected chi connectivity index (χ1v) is 12.9. The number of allylic oxidation sites excluding steroid dienone is 2. The summed E-state index contributed by atoms with van der Waals surface area (Å²) in [6.07, 6.45) is 1.05. The number of ketones is 2. The highest BCUT2D eigenvalue weighted by molar-refractivity contribution is 7.95. The quantitative estimate of drug-likeness (QED) is 0.385. The fraction of sp³-hybridized carbons (Fsp3) is 0.308. The molecule has 182 valence electrons. The number of sulfone groups is 1. The van der Waals surface area contributed by atoms with E-state index < -0.39 is 32.7 Å². The van der Waals surface area contributed by atoms with Gasteiger partial charge in [0.25, 0.3) is 5.56 Å². The minimum absolute atomic E-state index is 0.0164. The Hall–Kier alpha value is -3.59. The van der Waals surface area contributed by atoms with Crippen molar-refractivity contribution in [3.8, 4) is 0 Å². The van der Waals surface area contributed by atoms with Gasteiger partial charge in [-0.2, -0.15) is 0 Å². The van der Waals surface area contributed by atoms with Crippen LogP contribution >= 0.6 is 0 Å². The summed E-state index contributed by atoms with van der Waals surface area (Å²) >= 11 is 0. The summed E-state index contributed by atoms with van der Waals surface area (Å²) in [7, 11) is -2.51. The molecule has 0 fully saturated rings. The van der Waals surface area contributed by atoms with Crippen molar-refractivity contribution in [3.63, 3.8) is 0 Å². The first-order valence-electron chi connectivity index (χ1n) is 11.5. The largest absolute Gasteiger partial charge is 0.331 e. The van der Waals surface area contributed by atoms with E-state index in [1.165, 1.54) is 28.8 Å². The van der Waals surface area contributed by atoms with Crippen LogP contribution in [0.1, 0.15) is 48.5 Å². The molecule has 0 aliphatic heterocycles. The summed E-state index contributed by atoms with van der Waals surface area (Å²) in [6, 6.07) is 10.7. The Morgan fingerprint density at radius 1 is 1.00 bits per heavy atom. The number of rotatable bonds is 6. The summed E-state index contributed by atoms with van der Waals surface area (Å²) in [5, 5.41) is 0.197. The second-order valence-corrected chi connectivity index (χ2v) is 10.6. The molecule has 0 radical (unpaired) electrons. The zero-order valence-electron chi connectivity index (χ0n) is 19.8. The summed E-state index contributed by atoms with van der Waals surface area (Å²) in [6.45, 7) is 3.65. The van der Waals surface area contributed by atoms with E-state index in [4.69, 9.17) is 0 Å². The summed E-state index contributed by atoms with van der Waals surface area (Å²) < 4.78 is 29.2. The Labute approximate surface area is 202 Å². The second-order valence-electron chi connectivity index (χ2n) is 8.65. The van der Waals surface area contributed by atoms with Gasteiger partial charge in [0, 0.05) is 25.6 Å². The number of carbonyl (C=O) groups is 2. The van der Waals surface area contributed by atoms with Crippen molar-refractivity contribution < 1.29 is 18.0 Å². The molecule has 3 aromatic rings. The lowest BCUT2D eigenvalue weighted by Gasteiger charge is -2.20. The number of nitrogens with zero attached hydrogens (tertiary/aromatic N) is 2. The Morgan fingerprint density at radius 2 is 1.69 bits per heavy atom. The normalized spacial score (nSPS) is 14.5. The van der Waals surface area contributed by atoms with Gasteiger partial charge in [0.2, 0.25) is 9.84 Å². The number of aryl methyl sites for hydroxylation is 2. The smallest absolute Gasteiger partial charge is 0.296 e. The standard InChI is InChI=1S/C26H26N2O6S/c1-4-15-28-25(31)22-16(2)18(13-14-19(22)27(3)26(28)32)24(30)23-20(29)11-8-12-21(23)35(33,34)17-9-6-5-7-10-17/h5-7,9-10,13-14H,4,8,11-12,15H2,1-3H3. The van der Waals surface area contributed by atoms with Crippen LogP contribution in [0.25, 0.3) is 10.9 Å². The molecule has 0 atom stereocenters. The first-order chi connectivity index (χ1) is 16.6. The third-order valence-electron chi connectivity index (χ3n) is 6.44. The molecular formula is C26H26N2O6S. The van der Waals surface area contributed by atoms with E-state index in [0.29, 0.717) is 23.9 Å². The molecule has 1 heterocycles. The van der Waals surface area contributed by atoms with Gasteiger partial charge in [-0.15, -0.1) is 0 Å². The van der Waals surface area contributed by atoms with Gasteiger partial charge < -0.3 is 0 Å². The third-order valence-corrected chi connectivity index (χ3v) is 8.39. The fourth-order valence-corrected chi connectivity index (χ4v) is 6.32. The van der Waals surface area contributed by atoms with Crippen LogP contribution in [0.4, 0.5) is 0 Å². The molecular weight excluding hydrogens is 468 g/mol. The number of benzene rings is 2. The monoisotopic (exact) mass is 494 g/mol. The van der Waals surface area contributed by atoms with Gasteiger partial charge in [-0.3, -0.25) is 23.5 Å². The molecule has 1 aliphatic carbocycles. The molecule has 0 unspecified atom stereocenters. The van der Waals surface area contributed by atoms with E-state index >= 15 is 0 Å². The predicted octanol–water partition coefficient (Wildman–Crippen LogP) is 3.08. The van der Waals surface area contributed by atoms with Crippen molar-refractivity contribution >= 4 is 32.3 Å². The number of fused-ring (bicyclic) bond motifs is 1. The first kappa shape index (κ1) is 24.5. The topological polar surface area (TPSA) is 112 Å². The molecule has 4 rings (SSSR count). The highest BCUT2D eigenvalue weighted by atomic mass is 32.2. The zero-order chi connectivity index (χ0) is 25.5. The van der Waals surface area contributed by atoms with Crippen LogP contribution in [0.3, 0.4) is 0 Å². The van der Waals surface area contributed by atoms with Crippen molar-refractivity contribution in [2.45, 2.75) is 51.0 Å². The summed E-state index contributed by atoms with van der Waals surface area (Å²) in [5.41, 5.74) is -0.575. The van der Waals surface area contributed by atoms with Gasteiger partial charge in [0.05, 0.1) is 26.3 Å². The van der Waals surface area contributed by atoms with E-state index in [0.717, 1.165) is 4.57 Å². The number of hydrogen-bond acceptors (Lipinski definition) is 6. The minimum Gasteiger partial charge on any atom is -0.296 e. The Balaban J connectivity index is 1.98. The average molecular weight is 495 g/mol. The van der Waals surface area contributed by atoms with Crippen LogP contribution < -0.4 is 11.2 Å². The number of hydrogen-bond donors (Lipinski definition) is 0. The van der Waals surface area contributed by atoms with Crippen molar-refractivity contribution in [2.24, 2.45) is 7.05 Å². The second kappa shape index (κ2) is 9.22. The van der Waals surface area contributed by atoms with Crippen LogP contribution in [0.2, 0.25) is 0 Å². The maximum Gasteiger partial charge on any atom is 0.331 e. The van der Waals surface area contributed by atoms with E-state index in [2.05, 4.69) is 0 Å². The lowest BCUT2D eigenvalue weighted by Crippen LogP contribution is -2.39. The van der Waals surface area contributed by atoms with Crippen LogP contribution in [-0.2, 0) is 28.2 Å². The minimum atomic E-state index is -4.06. The Morgan fingerprint density at radius 3 is 2.34 bits per heavy atom. The molecule has 1 aromatic heterocycles. The molecule has 9 heteroatoms. The van der Waals surface area contributed by atoms with E-state index in [9.17, 15) is 27.6 Å². The molecule has 1 aliphatic rings. The third kappa shape index (κ3) is 3.99. The molecule has 2 aromatic carbocycles. The van der Waals surface area contributed by atoms with E-state index in [1.807, 2.05) is 6.92 Å². The Kier molecular flexibility index (Phi) is 6.46. The average Bonchev–Trinajstić information content (AvgIpc) is 2.85. The van der Waals surface area contributed by atoms with Gasteiger partial charge in [0.15, 0.2) is 11.6 Å². The van der Waals surface area contributed by atoms with Gasteiger partial charge in [-0.05, 0) is 56.0 Å². The molecule has 0 spiro atoms. The van der Waals surface area contributed by atoms with E-state index in [1.54, 1.807) is 32.2 Å². The predicted molar refractivity (Wildman–Crippen MR) is 132 cm³/mol. The van der Waals surface area contributed by atoms with Crippen molar-refractivity contribution in [1.29, 1.82) is 0 Å². The highest BCUT2D eigenvalue weighted by Gasteiger charge is 2.35. The lowest BCUT2D eigenvalue weighted by atomic mass is 9.89. The molecule has 0 amide bonds. The molecule has 0 saturated heterocycles. The van der Waals surface area contributed by atoms with Crippen LogP contribution in [0, 0.1) is 6.92 Å². The Bertz CT molecular complexity index is 1630. The zero-order valence-corrected chi connectivity index (χ0v) is 20.6. The van der Waals surface area contributed by atoms with Gasteiger partial charge in [0.1, 0.15) is 0 Å². The molecule has 35 heavy (non-hydrogen) atoms. The number of Topliss-reactive ketones (excluding diaryl/α,β-unsaturated/α-hetero) is 2. The highest BCUT2D eigenvalue weighted by Crippen LogP contribution is 2.33. The molecule has 0 bridgehead atoms. The van der Waals surface area contributed by atoms with Crippen LogP contribution in [0.15, 0.2) is 67.4 Å². The molecule has 8 nitrogen and oxygen atoms in total. The lowest BCUT2D eigenvalue weighted by molar-refractivity contribution is -0.115. The van der Waals surface area contributed by atoms with Crippen LogP contribution in [-0.4, -0.2) is 29.1 Å². The molecule has 0 saturated carbocycles. The SMILES string of the molecule is CCCn1c(=O)c2c(C)c(C(=O)C3=C(S(=O)(=O)c4ccccc4)CCCC3=O)ccc2n(C)c1=O. The van der Waals surface area contributed by atoms with Crippen molar-refractivity contribution in [1.82, 2.24) is 9.13 Å². The van der Waals surface area contributed by atoms with Gasteiger partial charge in [-0.1, -0.05) is 25.1 Å². The number of aromatic nitrogens is 2. The summed E-state index contributed by atoms with van der Waals surface area (Å²) in [4.78, 5) is 52.3. The van der Waals surface area contributed by atoms with Crippen molar-refractivity contribution in [2.75, 3.05) is 0 Å². The fourth-order valence-electron chi connectivity index (χ4n) is 4.63. The maximum atomic E-state index is 13.7. The van der Waals surface area contributed by atoms with E-state index in [-0.39, 0.29) is 45.7 Å². The number of carbonyl (C=O) groups excluding carboxylic acids is 2. The molecule has 0 N–H and O–H groups in total. The van der Waals surface area contributed by atoms with Crippen LogP contribution in [0.5, 0.6) is 0 Å².